The zero-order valence-corrected chi connectivity index (χ0v) is 11.8. The van der Waals surface area contributed by atoms with Crippen LogP contribution in [0.2, 0.25) is 0 Å². The highest BCUT2D eigenvalue weighted by atomic mass is 19.1. The molecule has 6 heteroatoms. The zero-order valence-electron chi connectivity index (χ0n) is 11.8. The van der Waals surface area contributed by atoms with Gasteiger partial charge in [0.05, 0.1) is 11.9 Å². The fourth-order valence-corrected chi connectivity index (χ4v) is 2.18. The largest absolute Gasteiger partial charge is 0.295 e. The summed E-state index contributed by atoms with van der Waals surface area (Å²) in [7, 11) is 0. The van der Waals surface area contributed by atoms with Crippen molar-refractivity contribution in [1.29, 1.82) is 0 Å². The summed E-state index contributed by atoms with van der Waals surface area (Å²) in [4.78, 5) is 16.5. The summed E-state index contributed by atoms with van der Waals surface area (Å²) in [6, 6.07) is 11.7. The number of fused-ring (bicyclic) bond motifs is 1. The Bertz CT molecular complexity index is 869. The third-order valence-corrected chi connectivity index (χ3v) is 3.19. The second-order valence-electron chi connectivity index (χ2n) is 4.70. The van der Waals surface area contributed by atoms with Gasteiger partial charge in [0.1, 0.15) is 17.2 Å². The normalized spacial score (nSPS) is 11.2. The summed E-state index contributed by atoms with van der Waals surface area (Å²) in [5, 5.41) is 3.80. The van der Waals surface area contributed by atoms with Crippen LogP contribution in [0.4, 0.5) is 4.39 Å². The number of rotatable bonds is 3. The van der Waals surface area contributed by atoms with Gasteiger partial charge in [-0.1, -0.05) is 24.3 Å². The minimum absolute atomic E-state index is 0.303. The van der Waals surface area contributed by atoms with Crippen molar-refractivity contribution in [1.82, 2.24) is 14.8 Å². The van der Waals surface area contributed by atoms with Crippen LogP contribution < -0.4 is 5.43 Å². The lowest BCUT2D eigenvalue weighted by atomic mass is 10.2. The van der Waals surface area contributed by atoms with Crippen molar-refractivity contribution in [3.05, 3.63) is 71.4 Å². The molecule has 0 aliphatic heterocycles. The van der Waals surface area contributed by atoms with E-state index in [0.29, 0.717) is 22.6 Å². The monoisotopic (exact) mass is 296 g/mol. The van der Waals surface area contributed by atoms with Gasteiger partial charge in [-0.25, -0.2) is 14.8 Å². The molecule has 0 saturated carbocycles. The molecule has 0 radical (unpaired) electrons. The average Bonchev–Trinajstić information content (AvgIpc) is 2.85. The van der Waals surface area contributed by atoms with E-state index >= 15 is 0 Å². The molecule has 1 aromatic carbocycles. The molecule has 5 nitrogen and oxygen atoms in total. The number of hydrazone groups is 1. The van der Waals surface area contributed by atoms with Gasteiger partial charge in [-0.05, 0) is 25.1 Å². The molecule has 3 rings (SSSR count). The number of carbonyl (C=O) groups excluding carboxylic acids is 1. The quantitative estimate of drug-likeness (QED) is 0.596. The van der Waals surface area contributed by atoms with Gasteiger partial charge in [-0.15, -0.1) is 0 Å². The van der Waals surface area contributed by atoms with E-state index in [1.54, 1.807) is 35.7 Å². The van der Waals surface area contributed by atoms with Crippen LogP contribution in [0.1, 0.15) is 21.7 Å². The van der Waals surface area contributed by atoms with Crippen LogP contribution in [-0.4, -0.2) is 21.5 Å². The molecule has 0 fully saturated rings. The molecule has 0 unspecified atom stereocenters. The van der Waals surface area contributed by atoms with Crippen LogP contribution in [0.25, 0.3) is 5.65 Å². The van der Waals surface area contributed by atoms with Gasteiger partial charge in [-0.3, -0.25) is 9.20 Å². The Hall–Kier alpha value is -3.02. The van der Waals surface area contributed by atoms with E-state index in [0.717, 1.165) is 0 Å². The van der Waals surface area contributed by atoms with Crippen LogP contribution in [0.3, 0.4) is 0 Å². The number of nitrogens with one attached hydrogen (secondary N) is 1. The first-order valence-electron chi connectivity index (χ1n) is 6.68. The second-order valence-corrected chi connectivity index (χ2v) is 4.70. The minimum Gasteiger partial charge on any atom is -0.295 e. The van der Waals surface area contributed by atoms with Crippen LogP contribution in [0.5, 0.6) is 0 Å². The Morgan fingerprint density at radius 3 is 2.86 bits per heavy atom. The lowest BCUT2D eigenvalue weighted by molar-refractivity contribution is 0.0948. The molecule has 0 atom stereocenters. The van der Waals surface area contributed by atoms with E-state index in [2.05, 4.69) is 15.5 Å². The maximum atomic E-state index is 13.4. The summed E-state index contributed by atoms with van der Waals surface area (Å²) in [6.07, 6.45) is 3.02. The smallest absolute Gasteiger partial charge is 0.290 e. The molecule has 0 spiro atoms. The molecule has 0 saturated heterocycles. The third kappa shape index (κ3) is 2.58. The highest BCUT2D eigenvalue weighted by molar-refractivity contribution is 5.95. The number of hydrogen-bond donors (Lipinski definition) is 1. The van der Waals surface area contributed by atoms with Crippen molar-refractivity contribution in [2.75, 3.05) is 0 Å². The predicted molar refractivity (Wildman–Crippen MR) is 81.4 cm³/mol. The van der Waals surface area contributed by atoms with Crippen molar-refractivity contribution in [3.63, 3.8) is 0 Å². The van der Waals surface area contributed by atoms with Crippen LogP contribution >= 0.6 is 0 Å². The van der Waals surface area contributed by atoms with Crippen molar-refractivity contribution in [2.24, 2.45) is 5.10 Å². The Morgan fingerprint density at radius 1 is 1.27 bits per heavy atom. The first-order chi connectivity index (χ1) is 10.7. The van der Waals surface area contributed by atoms with Gasteiger partial charge < -0.3 is 0 Å². The molecule has 0 bridgehead atoms. The second kappa shape index (κ2) is 5.77. The van der Waals surface area contributed by atoms with Crippen LogP contribution in [0, 0.1) is 12.7 Å². The molecule has 1 N–H and O–H groups in total. The zero-order chi connectivity index (χ0) is 15.5. The number of aryl methyl sites for hydroxylation is 1. The highest BCUT2D eigenvalue weighted by Gasteiger charge is 2.15. The molecule has 2 heterocycles. The lowest BCUT2D eigenvalue weighted by Gasteiger charge is -2.01. The van der Waals surface area contributed by atoms with E-state index in [1.165, 1.54) is 12.3 Å². The molecule has 0 aliphatic carbocycles. The molecule has 110 valence electrons. The summed E-state index contributed by atoms with van der Waals surface area (Å²) >= 11 is 0. The molecule has 1 amide bonds. The lowest BCUT2D eigenvalue weighted by Crippen LogP contribution is -2.20. The predicted octanol–water partition coefficient (Wildman–Crippen LogP) is 2.55. The first kappa shape index (κ1) is 13.9. The molecule has 22 heavy (non-hydrogen) atoms. The fraction of sp³-hybridized carbons (Fsp3) is 0.0625. The number of pyridine rings is 1. The number of nitrogens with zero attached hydrogens (tertiary/aromatic N) is 3. The van der Waals surface area contributed by atoms with E-state index in [4.69, 9.17) is 0 Å². The van der Waals surface area contributed by atoms with Gasteiger partial charge in [0, 0.05) is 11.8 Å². The van der Waals surface area contributed by atoms with E-state index in [-0.39, 0.29) is 0 Å². The number of aromatic nitrogens is 2. The minimum atomic E-state index is -0.399. The average molecular weight is 296 g/mol. The standard InChI is InChI=1S/C16H13FN4O/c1-11-15(21-9-5-4-8-14(21)19-11)16(22)20-18-10-12-6-2-3-7-13(12)17/h2-10H,1H3,(H,20,22). The Morgan fingerprint density at radius 2 is 2.05 bits per heavy atom. The summed E-state index contributed by atoms with van der Waals surface area (Å²) in [5.41, 5.74) is 4.39. The van der Waals surface area contributed by atoms with E-state index < -0.39 is 11.7 Å². The number of hydrogen-bond acceptors (Lipinski definition) is 3. The SMILES string of the molecule is Cc1nc2ccccn2c1C(=O)NN=Cc1ccccc1F. The van der Waals surface area contributed by atoms with Crippen molar-refractivity contribution >= 4 is 17.8 Å². The molecule has 3 aromatic rings. The van der Waals surface area contributed by atoms with Gasteiger partial charge in [0.25, 0.3) is 5.91 Å². The topological polar surface area (TPSA) is 58.8 Å². The first-order valence-corrected chi connectivity index (χ1v) is 6.68. The number of halogens is 1. The van der Waals surface area contributed by atoms with E-state index in [1.807, 2.05) is 18.2 Å². The molecular weight excluding hydrogens is 283 g/mol. The van der Waals surface area contributed by atoms with Gasteiger partial charge >= 0.3 is 0 Å². The van der Waals surface area contributed by atoms with Gasteiger partial charge in [0.2, 0.25) is 0 Å². The molecule has 2 aromatic heterocycles. The van der Waals surface area contributed by atoms with Gasteiger partial charge in [-0.2, -0.15) is 5.10 Å². The third-order valence-electron chi connectivity index (χ3n) is 3.19. The summed E-state index contributed by atoms with van der Waals surface area (Å²) < 4.78 is 15.1. The number of amides is 1. The van der Waals surface area contributed by atoms with Crippen molar-refractivity contribution in [2.45, 2.75) is 6.92 Å². The molecule has 0 aliphatic rings. The van der Waals surface area contributed by atoms with Crippen molar-refractivity contribution in [3.8, 4) is 0 Å². The Kier molecular flexibility index (Phi) is 3.65. The van der Waals surface area contributed by atoms with Crippen LogP contribution in [0.15, 0.2) is 53.8 Å². The fourth-order valence-electron chi connectivity index (χ4n) is 2.18. The maximum absolute atomic E-state index is 13.4. The van der Waals surface area contributed by atoms with Gasteiger partial charge in [0.15, 0.2) is 0 Å². The number of carbonyl (C=O) groups is 1. The van der Waals surface area contributed by atoms with Crippen molar-refractivity contribution < 1.29 is 9.18 Å². The summed E-state index contributed by atoms with van der Waals surface area (Å²) in [5.74, 6) is -0.796. The van der Waals surface area contributed by atoms with Crippen LogP contribution in [-0.2, 0) is 0 Å². The van der Waals surface area contributed by atoms with E-state index in [9.17, 15) is 9.18 Å². The highest BCUT2D eigenvalue weighted by Crippen LogP contribution is 2.11. The summed E-state index contributed by atoms with van der Waals surface area (Å²) in [6.45, 7) is 1.75. The Balaban J connectivity index is 1.82. The number of benzene rings is 1. The Labute approximate surface area is 126 Å². The number of imidazole rings is 1. The maximum Gasteiger partial charge on any atom is 0.290 e. The molecular formula is C16H13FN4O.